The van der Waals surface area contributed by atoms with E-state index in [1.165, 1.54) is 0 Å². The van der Waals surface area contributed by atoms with Crippen molar-refractivity contribution < 1.29 is 61.6 Å². The Kier molecular flexibility index (Phi) is 38.1. The molecule has 276 valence electrons. The van der Waals surface area contributed by atoms with Crippen LogP contribution in [0.4, 0.5) is 0 Å². The summed E-state index contributed by atoms with van der Waals surface area (Å²) < 4.78 is 72.4. The highest BCUT2D eigenvalue weighted by Gasteiger charge is 2.12. The van der Waals surface area contributed by atoms with Crippen LogP contribution in [0.15, 0.2) is 0 Å². The molecule has 0 aliphatic carbocycles. The summed E-state index contributed by atoms with van der Waals surface area (Å²) in [5.41, 5.74) is 0. The minimum atomic E-state index is 0.372. The smallest absolute Gasteiger partial charge is 0.0704 e. The molecule has 0 aromatic rings. The van der Waals surface area contributed by atoms with Crippen LogP contribution in [0.3, 0.4) is 0 Å². The Hall–Kier alpha value is 0.170. The van der Waals surface area contributed by atoms with E-state index in [1.807, 2.05) is 0 Å². The second kappa shape index (κ2) is 39.6. The van der Waals surface area contributed by atoms with E-state index in [4.69, 9.17) is 61.6 Å². The van der Waals surface area contributed by atoms with Crippen molar-refractivity contribution in [3.8, 4) is 0 Å². The van der Waals surface area contributed by atoms with E-state index in [9.17, 15) is 0 Å². The van der Waals surface area contributed by atoms with Crippen LogP contribution in [0.1, 0.15) is 12.8 Å². The summed E-state index contributed by atoms with van der Waals surface area (Å²) in [6.45, 7) is 15.9. The maximum atomic E-state index is 5.79. The minimum Gasteiger partial charge on any atom is -0.378 e. The Bertz CT molecular complexity index is 569. The van der Waals surface area contributed by atoms with E-state index < -0.39 is 0 Å². The predicted molar refractivity (Wildman–Crippen MR) is 181 cm³/mol. The first kappa shape index (κ1) is 44.2. The molecule has 0 unspecified atom stereocenters. The van der Waals surface area contributed by atoms with Crippen molar-refractivity contribution in [2.24, 2.45) is 0 Å². The van der Waals surface area contributed by atoms with Gasteiger partial charge in [0.25, 0.3) is 0 Å². The van der Waals surface area contributed by atoms with Gasteiger partial charge in [0, 0.05) is 4.43 Å². The SMILES string of the molecule is ICCOCCOCCOCCOCCOCCOCCOCCOCCOCCOCCOCCOCCOC1CCNCC1. The number of alkyl halides is 1. The van der Waals surface area contributed by atoms with Crippen LogP contribution in [-0.2, 0) is 61.6 Å². The van der Waals surface area contributed by atoms with Crippen molar-refractivity contribution in [1.29, 1.82) is 0 Å². The van der Waals surface area contributed by atoms with Crippen molar-refractivity contribution in [3.63, 3.8) is 0 Å². The van der Waals surface area contributed by atoms with Gasteiger partial charge in [-0.25, -0.2) is 0 Å². The number of nitrogens with one attached hydrogen (secondary N) is 1. The normalized spacial score (nSPS) is 14.0. The third kappa shape index (κ3) is 35.5. The Balaban J connectivity index is 1.59. The van der Waals surface area contributed by atoms with Gasteiger partial charge < -0.3 is 66.9 Å². The molecule has 1 rings (SSSR count). The molecule has 0 saturated carbocycles. The van der Waals surface area contributed by atoms with Gasteiger partial charge in [0.05, 0.1) is 171 Å². The highest BCUT2D eigenvalue weighted by atomic mass is 127. The summed E-state index contributed by atoms with van der Waals surface area (Å²) in [6.07, 6.45) is 2.53. The second-order valence-electron chi connectivity index (χ2n) is 9.86. The van der Waals surface area contributed by atoms with E-state index in [0.717, 1.165) is 37.0 Å². The summed E-state index contributed by atoms with van der Waals surface area (Å²) in [5.74, 6) is 0. The molecule has 0 bridgehead atoms. The zero-order chi connectivity index (χ0) is 32.7. The Labute approximate surface area is 290 Å². The number of piperidine rings is 1. The molecular weight excluding hydrogens is 721 g/mol. The Morgan fingerprint density at radius 1 is 0.326 bits per heavy atom. The minimum absolute atomic E-state index is 0.372. The number of hydrogen-bond acceptors (Lipinski definition) is 14. The fourth-order valence-corrected chi connectivity index (χ4v) is 4.12. The molecule has 46 heavy (non-hydrogen) atoms. The average molecular weight is 784 g/mol. The second-order valence-corrected chi connectivity index (χ2v) is 10.9. The lowest BCUT2D eigenvalue weighted by molar-refractivity contribution is -0.0327. The maximum Gasteiger partial charge on any atom is 0.0704 e. The zero-order valence-electron chi connectivity index (χ0n) is 28.0. The highest BCUT2D eigenvalue weighted by molar-refractivity contribution is 14.1. The Morgan fingerprint density at radius 3 is 0.783 bits per heavy atom. The first-order chi connectivity index (χ1) is 22.9. The van der Waals surface area contributed by atoms with E-state index in [0.29, 0.717) is 165 Å². The van der Waals surface area contributed by atoms with Gasteiger partial charge in [-0.05, 0) is 25.9 Å². The number of rotatable bonds is 39. The van der Waals surface area contributed by atoms with Crippen molar-refractivity contribution in [2.45, 2.75) is 18.9 Å². The average Bonchev–Trinajstić information content (AvgIpc) is 3.08. The fraction of sp³-hybridized carbons (Fsp3) is 1.00. The van der Waals surface area contributed by atoms with Crippen LogP contribution in [0, 0.1) is 0 Å². The quantitative estimate of drug-likeness (QED) is 0.0548. The van der Waals surface area contributed by atoms with E-state index in [1.54, 1.807) is 0 Å². The van der Waals surface area contributed by atoms with E-state index >= 15 is 0 Å². The molecule has 1 fully saturated rings. The molecule has 14 nitrogen and oxygen atoms in total. The highest BCUT2D eigenvalue weighted by Crippen LogP contribution is 2.06. The van der Waals surface area contributed by atoms with E-state index in [2.05, 4.69) is 27.9 Å². The lowest BCUT2D eigenvalue weighted by Crippen LogP contribution is -2.33. The topological polar surface area (TPSA) is 132 Å². The number of halogens is 1. The molecular formula is C31H62INO13. The van der Waals surface area contributed by atoms with Gasteiger partial charge in [-0.1, -0.05) is 22.6 Å². The molecule has 0 spiro atoms. The van der Waals surface area contributed by atoms with E-state index in [-0.39, 0.29) is 0 Å². The standard InChI is InChI=1S/C31H62INO13/c32-3-6-34-7-8-35-9-10-36-11-12-37-13-14-38-15-16-39-17-18-40-19-20-41-21-22-42-23-24-43-25-26-44-27-28-45-29-30-46-31-1-4-33-5-2-31/h31,33H,1-30H2. The van der Waals surface area contributed by atoms with Crippen LogP contribution in [0.25, 0.3) is 0 Å². The monoisotopic (exact) mass is 783 g/mol. The molecule has 0 amide bonds. The lowest BCUT2D eigenvalue weighted by atomic mass is 10.1. The van der Waals surface area contributed by atoms with Gasteiger partial charge in [0.15, 0.2) is 0 Å². The Morgan fingerprint density at radius 2 is 0.543 bits per heavy atom. The number of ether oxygens (including phenoxy) is 13. The summed E-state index contributed by atoms with van der Waals surface area (Å²) in [4.78, 5) is 0. The molecule has 0 atom stereocenters. The van der Waals surface area contributed by atoms with Crippen LogP contribution in [0.5, 0.6) is 0 Å². The molecule has 0 aromatic carbocycles. The molecule has 15 heteroatoms. The summed E-state index contributed by atoms with van der Waals surface area (Å²) >= 11 is 2.28. The maximum absolute atomic E-state index is 5.79. The van der Waals surface area contributed by atoms with Gasteiger partial charge >= 0.3 is 0 Å². The largest absolute Gasteiger partial charge is 0.378 e. The van der Waals surface area contributed by atoms with Crippen molar-refractivity contribution >= 4 is 22.6 Å². The lowest BCUT2D eigenvalue weighted by Gasteiger charge is -2.22. The van der Waals surface area contributed by atoms with Crippen LogP contribution in [-0.4, -0.2) is 189 Å². The molecule has 0 aromatic heterocycles. The molecule has 1 aliphatic rings. The molecule has 1 aliphatic heterocycles. The van der Waals surface area contributed by atoms with Crippen molar-refractivity contribution in [3.05, 3.63) is 0 Å². The summed E-state index contributed by atoms with van der Waals surface area (Å²) in [6, 6.07) is 0. The fourth-order valence-electron chi connectivity index (χ4n) is 3.81. The van der Waals surface area contributed by atoms with Crippen molar-refractivity contribution in [1.82, 2.24) is 5.32 Å². The third-order valence-electron chi connectivity index (χ3n) is 6.18. The van der Waals surface area contributed by atoms with Crippen LogP contribution < -0.4 is 5.32 Å². The third-order valence-corrected chi connectivity index (χ3v) is 6.62. The number of hydrogen-bond donors (Lipinski definition) is 1. The molecule has 1 heterocycles. The molecule has 1 saturated heterocycles. The van der Waals surface area contributed by atoms with Gasteiger partial charge in [0.1, 0.15) is 0 Å². The van der Waals surface area contributed by atoms with Gasteiger partial charge in [-0.15, -0.1) is 0 Å². The molecule has 0 radical (unpaired) electrons. The molecule has 1 N–H and O–H groups in total. The summed E-state index contributed by atoms with van der Waals surface area (Å²) in [5, 5.41) is 3.33. The van der Waals surface area contributed by atoms with Crippen LogP contribution >= 0.6 is 22.6 Å². The van der Waals surface area contributed by atoms with Crippen molar-refractivity contribution in [2.75, 3.05) is 183 Å². The van der Waals surface area contributed by atoms with Gasteiger partial charge in [-0.2, -0.15) is 0 Å². The first-order valence-corrected chi connectivity index (χ1v) is 18.3. The zero-order valence-corrected chi connectivity index (χ0v) is 30.1. The predicted octanol–water partition coefficient (Wildman–Crippen LogP) is 1.39. The first-order valence-electron chi connectivity index (χ1n) is 16.7. The van der Waals surface area contributed by atoms with Gasteiger partial charge in [-0.3, -0.25) is 0 Å². The van der Waals surface area contributed by atoms with Crippen LogP contribution in [0.2, 0.25) is 0 Å². The van der Waals surface area contributed by atoms with Gasteiger partial charge in [0.2, 0.25) is 0 Å². The summed E-state index contributed by atoms with van der Waals surface area (Å²) in [7, 11) is 0.